The Labute approximate surface area is 160 Å². The number of imidazole rings is 1. The zero-order valence-corrected chi connectivity index (χ0v) is 15.5. The minimum absolute atomic E-state index is 0.0791. The van der Waals surface area contributed by atoms with Gasteiger partial charge in [-0.1, -0.05) is 23.7 Å². The molecule has 0 saturated carbocycles. The Morgan fingerprint density at radius 2 is 1.89 bits per heavy atom. The van der Waals surface area contributed by atoms with E-state index in [0.29, 0.717) is 27.7 Å². The van der Waals surface area contributed by atoms with Crippen LogP contribution < -0.4 is 10.1 Å². The third-order valence-corrected chi connectivity index (χ3v) is 4.95. The van der Waals surface area contributed by atoms with E-state index in [1.54, 1.807) is 67.2 Å². The van der Waals surface area contributed by atoms with Crippen LogP contribution in [0.15, 0.2) is 48.8 Å². The summed E-state index contributed by atoms with van der Waals surface area (Å²) in [5.74, 6) is 0.354. The minimum atomic E-state index is -1.13. The van der Waals surface area contributed by atoms with Crippen LogP contribution in [-0.4, -0.2) is 33.3 Å². The average Bonchev–Trinajstić information content (AvgIpc) is 3.15. The third kappa shape index (κ3) is 2.90. The van der Waals surface area contributed by atoms with Gasteiger partial charge < -0.3 is 14.5 Å². The van der Waals surface area contributed by atoms with E-state index >= 15 is 0 Å². The van der Waals surface area contributed by atoms with Crippen molar-refractivity contribution in [3.63, 3.8) is 0 Å². The zero-order valence-electron chi connectivity index (χ0n) is 14.8. The lowest BCUT2D eigenvalue weighted by Crippen LogP contribution is -2.40. The van der Waals surface area contributed by atoms with Crippen LogP contribution in [0.25, 0.3) is 5.65 Å². The van der Waals surface area contributed by atoms with Crippen LogP contribution in [0.4, 0.5) is 4.79 Å². The quantitative estimate of drug-likeness (QED) is 0.702. The molecule has 7 nitrogen and oxygen atoms in total. The average molecular weight is 385 g/mol. The molecule has 1 atom stereocenters. The van der Waals surface area contributed by atoms with Crippen LogP contribution in [0.2, 0.25) is 5.02 Å². The largest absolute Gasteiger partial charge is 0.497 e. The van der Waals surface area contributed by atoms with Gasteiger partial charge in [0.1, 0.15) is 16.9 Å². The Morgan fingerprint density at radius 1 is 1.15 bits per heavy atom. The molecule has 4 rings (SSSR count). The number of nitrogens with zero attached hydrogens (tertiary/aromatic N) is 3. The van der Waals surface area contributed by atoms with Crippen LogP contribution in [0.3, 0.4) is 0 Å². The van der Waals surface area contributed by atoms with Gasteiger partial charge in [-0.05, 0) is 36.8 Å². The van der Waals surface area contributed by atoms with Gasteiger partial charge >= 0.3 is 6.03 Å². The number of halogens is 1. The number of nitrogens with one attached hydrogen (secondary N) is 1. The maximum absolute atomic E-state index is 13.0. The van der Waals surface area contributed by atoms with E-state index in [4.69, 9.17) is 16.3 Å². The van der Waals surface area contributed by atoms with Crippen molar-refractivity contribution >= 4 is 29.2 Å². The van der Waals surface area contributed by atoms with Gasteiger partial charge in [0.25, 0.3) is 5.91 Å². The van der Waals surface area contributed by atoms with Gasteiger partial charge in [0, 0.05) is 12.4 Å². The monoisotopic (exact) mass is 384 g/mol. The number of rotatable bonds is 4. The van der Waals surface area contributed by atoms with Crippen LogP contribution in [-0.2, 0) is 16.9 Å². The Balaban J connectivity index is 1.61. The summed E-state index contributed by atoms with van der Waals surface area (Å²) < 4.78 is 6.91. The minimum Gasteiger partial charge on any atom is -0.497 e. The van der Waals surface area contributed by atoms with Crippen molar-refractivity contribution in [2.45, 2.75) is 19.0 Å². The Kier molecular flexibility index (Phi) is 4.04. The number of carbonyl (C=O) groups excluding carboxylic acids is 2. The number of aromatic nitrogens is 2. The van der Waals surface area contributed by atoms with Crippen molar-refractivity contribution in [2.24, 2.45) is 0 Å². The maximum Gasteiger partial charge on any atom is 0.325 e. The summed E-state index contributed by atoms with van der Waals surface area (Å²) in [4.78, 5) is 31.1. The van der Waals surface area contributed by atoms with E-state index in [1.165, 1.54) is 4.90 Å². The molecule has 1 aliphatic heterocycles. The van der Waals surface area contributed by atoms with E-state index < -0.39 is 11.6 Å². The lowest BCUT2D eigenvalue weighted by Gasteiger charge is -2.22. The first kappa shape index (κ1) is 17.4. The number of fused-ring (bicyclic) bond motifs is 1. The van der Waals surface area contributed by atoms with E-state index in [9.17, 15) is 9.59 Å². The van der Waals surface area contributed by atoms with Crippen molar-refractivity contribution in [2.75, 3.05) is 7.11 Å². The molecule has 0 aliphatic carbocycles. The number of carbonyl (C=O) groups is 2. The van der Waals surface area contributed by atoms with Crippen LogP contribution >= 0.6 is 11.6 Å². The van der Waals surface area contributed by atoms with E-state index in [1.807, 2.05) is 0 Å². The third-order valence-electron chi connectivity index (χ3n) is 4.73. The molecule has 3 heterocycles. The second-order valence-corrected chi connectivity index (χ2v) is 6.96. The lowest BCUT2D eigenvalue weighted by atomic mass is 9.92. The number of amides is 3. The highest BCUT2D eigenvalue weighted by Crippen LogP contribution is 2.30. The summed E-state index contributed by atoms with van der Waals surface area (Å²) in [5.41, 5.74) is 0.844. The molecular formula is C19H17ClN4O3. The van der Waals surface area contributed by atoms with Gasteiger partial charge in [-0.3, -0.25) is 9.69 Å². The highest BCUT2D eigenvalue weighted by molar-refractivity contribution is 6.30. The van der Waals surface area contributed by atoms with Gasteiger partial charge in [0.05, 0.1) is 24.4 Å². The summed E-state index contributed by atoms with van der Waals surface area (Å²) in [5, 5.41) is 3.37. The SMILES string of the molecule is COc1ccc([C@]2(C)NC(=O)N(Cc3cn4cc(Cl)ccc4n3)C2=O)cc1. The normalized spacial score (nSPS) is 19.6. The molecular weight excluding hydrogens is 368 g/mol. The fourth-order valence-corrected chi connectivity index (χ4v) is 3.38. The number of hydrogen-bond donors (Lipinski definition) is 1. The molecule has 8 heteroatoms. The second kappa shape index (κ2) is 6.28. The summed E-state index contributed by atoms with van der Waals surface area (Å²) in [7, 11) is 1.57. The molecule has 3 amide bonds. The van der Waals surface area contributed by atoms with E-state index in [-0.39, 0.29) is 12.5 Å². The molecule has 0 bridgehead atoms. The molecule has 1 N–H and O–H groups in total. The fraction of sp³-hybridized carbons (Fsp3) is 0.211. The topological polar surface area (TPSA) is 75.9 Å². The van der Waals surface area contributed by atoms with Gasteiger partial charge in [-0.15, -0.1) is 0 Å². The van der Waals surface area contributed by atoms with Crippen molar-refractivity contribution in [1.82, 2.24) is 19.6 Å². The molecule has 1 saturated heterocycles. The molecule has 0 unspecified atom stereocenters. The molecule has 1 aliphatic rings. The first-order valence-electron chi connectivity index (χ1n) is 8.32. The van der Waals surface area contributed by atoms with Crippen molar-refractivity contribution in [3.05, 3.63) is 65.1 Å². The van der Waals surface area contributed by atoms with Gasteiger partial charge in [-0.25, -0.2) is 9.78 Å². The van der Waals surface area contributed by atoms with Crippen molar-refractivity contribution in [3.8, 4) is 5.75 Å². The number of urea groups is 1. The van der Waals surface area contributed by atoms with Gasteiger partial charge in [-0.2, -0.15) is 0 Å². The Hall–Kier alpha value is -3.06. The van der Waals surface area contributed by atoms with Crippen molar-refractivity contribution < 1.29 is 14.3 Å². The van der Waals surface area contributed by atoms with Crippen LogP contribution in [0, 0.1) is 0 Å². The van der Waals surface area contributed by atoms with Gasteiger partial charge in [0.15, 0.2) is 0 Å². The second-order valence-electron chi connectivity index (χ2n) is 6.52. The highest BCUT2D eigenvalue weighted by Gasteiger charge is 2.49. The Bertz CT molecular complexity index is 1050. The number of methoxy groups -OCH3 is 1. The molecule has 2 aromatic heterocycles. The number of ether oxygens (including phenoxy) is 1. The molecule has 0 radical (unpaired) electrons. The summed E-state index contributed by atoms with van der Waals surface area (Å²) >= 11 is 5.99. The Morgan fingerprint density at radius 3 is 2.59 bits per heavy atom. The fourth-order valence-electron chi connectivity index (χ4n) is 3.22. The molecule has 138 valence electrons. The lowest BCUT2D eigenvalue weighted by molar-refractivity contribution is -0.131. The number of imide groups is 1. The zero-order chi connectivity index (χ0) is 19.2. The molecule has 27 heavy (non-hydrogen) atoms. The molecule has 0 spiro atoms. The summed E-state index contributed by atoms with van der Waals surface area (Å²) in [6.45, 7) is 1.77. The van der Waals surface area contributed by atoms with E-state index in [2.05, 4.69) is 10.3 Å². The maximum atomic E-state index is 13.0. The molecule has 1 fully saturated rings. The van der Waals surface area contributed by atoms with Crippen LogP contribution in [0.1, 0.15) is 18.2 Å². The summed E-state index contributed by atoms with van der Waals surface area (Å²) in [6, 6.07) is 10.1. The van der Waals surface area contributed by atoms with Crippen molar-refractivity contribution in [1.29, 1.82) is 0 Å². The van der Waals surface area contributed by atoms with Gasteiger partial charge in [0.2, 0.25) is 0 Å². The summed E-state index contributed by atoms with van der Waals surface area (Å²) in [6.07, 6.45) is 3.48. The number of pyridine rings is 1. The predicted molar refractivity (Wildman–Crippen MR) is 99.6 cm³/mol. The van der Waals surface area contributed by atoms with Crippen LogP contribution in [0.5, 0.6) is 5.75 Å². The first-order valence-corrected chi connectivity index (χ1v) is 8.70. The molecule has 3 aromatic rings. The standard InChI is InChI=1S/C19H17ClN4O3/c1-19(12-3-6-15(27-2)7-4-12)17(25)24(18(26)22-19)11-14-10-23-9-13(20)5-8-16(23)21-14/h3-10H,11H2,1-2H3,(H,22,26)/t19-/m0/s1. The first-order chi connectivity index (χ1) is 12.9. The predicted octanol–water partition coefficient (Wildman–Crippen LogP) is 2.96. The van der Waals surface area contributed by atoms with E-state index in [0.717, 1.165) is 0 Å². The number of hydrogen-bond acceptors (Lipinski definition) is 4. The highest BCUT2D eigenvalue weighted by atomic mass is 35.5. The molecule has 1 aromatic carbocycles. The smallest absolute Gasteiger partial charge is 0.325 e. The number of benzene rings is 1.